The normalized spacial score (nSPS) is 13.4. The van der Waals surface area contributed by atoms with Gasteiger partial charge in [0, 0.05) is 6.08 Å². The third-order valence-electron chi connectivity index (χ3n) is 1.86. The van der Waals surface area contributed by atoms with Crippen LogP contribution in [-0.2, 0) is 19.0 Å². The summed E-state index contributed by atoms with van der Waals surface area (Å²) in [4.78, 5) is 33.8. The van der Waals surface area contributed by atoms with Gasteiger partial charge in [0.15, 0.2) is 0 Å². The quantitative estimate of drug-likeness (QED) is 0.451. The molecule has 1 heterocycles. The summed E-state index contributed by atoms with van der Waals surface area (Å²) in [7, 11) is 0. The van der Waals surface area contributed by atoms with Crippen molar-refractivity contribution < 1.29 is 28.6 Å². The van der Waals surface area contributed by atoms with Gasteiger partial charge in [-0.1, -0.05) is 0 Å². The number of esters is 1. The van der Waals surface area contributed by atoms with Crippen LogP contribution in [0, 0.1) is 0 Å². The Kier molecular flexibility index (Phi) is 4.97. The Morgan fingerprint density at radius 3 is 2.56 bits per heavy atom. The first-order chi connectivity index (χ1) is 8.58. The lowest BCUT2D eigenvalue weighted by Gasteiger charge is -2.21. The van der Waals surface area contributed by atoms with Gasteiger partial charge in [-0.3, -0.25) is 0 Å². The van der Waals surface area contributed by atoms with E-state index in [0.717, 1.165) is 11.1 Å². The molecule has 0 fully saturated rings. The Morgan fingerprint density at radius 1 is 1.39 bits per heavy atom. The zero-order chi connectivity index (χ0) is 13.5. The van der Waals surface area contributed by atoms with E-state index in [1.165, 1.54) is 0 Å². The van der Waals surface area contributed by atoms with E-state index in [1.54, 1.807) is 13.8 Å². The SMILES string of the molecule is CCOC(=O)NN(C(=O)OCC)C1=CC(=O)OC1. The monoisotopic (exact) mass is 258 g/mol. The van der Waals surface area contributed by atoms with Crippen molar-refractivity contribution in [2.24, 2.45) is 0 Å². The van der Waals surface area contributed by atoms with E-state index in [4.69, 9.17) is 4.74 Å². The molecule has 0 saturated heterocycles. The predicted molar refractivity (Wildman–Crippen MR) is 58.1 cm³/mol. The predicted octanol–water partition coefficient (Wildman–Crippen LogP) is 0.547. The van der Waals surface area contributed by atoms with Gasteiger partial charge in [0.2, 0.25) is 0 Å². The maximum Gasteiger partial charge on any atom is 0.433 e. The molecule has 1 rings (SSSR count). The van der Waals surface area contributed by atoms with Gasteiger partial charge in [-0.25, -0.2) is 19.8 Å². The van der Waals surface area contributed by atoms with E-state index in [1.807, 2.05) is 0 Å². The minimum Gasteiger partial charge on any atom is -0.456 e. The van der Waals surface area contributed by atoms with Crippen LogP contribution in [0.4, 0.5) is 9.59 Å². The van der Waals surface area contributed by atoms with Crippen molar-refractivity contribution >= 4 is 18.2 Å². The van der Waals surface area contributed by atoms with Crippen LogP contribution in [0.5, 0.6) is 0 Å². The molecule has 100 valence electrons. The van der Waals surface area contributed by atoms with Crippen molar-refractivity contribution in [2.75, 3.05) is 19.8 Å². The Labute approximate surface area is 103 Å². The minimum absolute atomic E-state index is 0.121. The first-order valence-electron chi connectivity index (χ1n) is 5.36. The number of carbonyl (C=O) groups is 3. The molecular formula is C10H14N2O6. The Balaban J connectivity index is 2.75. The second-order valence-electron chi connectivity index (χ2n) is 3.11. The topological polar surface area (TPSA) is 94.2 Å². The number of carbonyl (C=O) groups excluding carboxylic acids is 3. The molecule has 1 aliphatic heterocycles. The molecule has 0 aromatic rings. The fraction of sp³-hybridized carbons (Fsp3) is 0.500. The second kappa shape index (κ2) is 6.48. The lowest BCUT2D eigenvalue weighted by atomic mass is 10.4. The molecular weight excluding hydrogens is 244 g/mol. The van der Waals surface area contributed by atoms with E-state index >= 15 is 0 Å². The number of cyclic esters (lactones) is 1. The molecule has 18 heavy (non-hydrogen) atoms. The van der Waals surface area contributed by atoms with Crippen LogP contribution in [0.1, 0.15) is 13.8 Å². The lowest BCUT2D eigenvalue weighted by molar-refractivity contribution is -0.135. The summed E-state index contributed by atoms with van der Waals surface area (Å²) in [6.45, 7) is 3.39. The maximum atomic E-state index is 11.6. The number of amides is 2. The molecule has 0 aromatic carbocycles. The van der Waals surface area contributed by atoms with Crippen LogP contribution >= 0.6 is 0 Å². The van der Waals surface area contributed by atoms with E-state index in [0.29, 0.717) is 0 Å². The standard InChI is InChI=1S/C10H14N2O6/c1-3-16-9(14)11-12(10(15)17-4-2)7-5-8(13)18-6-7/h5H,3-4,6H2,1-2H3,(H,11,14). The van der Waals surface area contributed by atoms with Gasteiger partial charge in [-0.05, 0) is 13.8 Å². The van der Waals surface area contributed by atoms with Crippen LogP contribution in [0.15, 0.2) is 11.8 Å². The molecule has 0 saturated carbocycles. The lowest BCUT2D eigenvalue weighted by Crippen LogP contribution is -2.46. The van der Waals surface area contributed by atoms with Gasteiger partial charge in [-0.15, -0.1) is 0 Å². The van der Waals surface area contributed by atoms with Crippen LogP contribution in [0.2, 0.25) is 0 Å². The number of rotatable bonds is 3. The smallest absolute Gasteiger partial charge is 0.433 e. The molecule has 8 heteroatoms. The minimum atomic E-state index is -0.828. The largest absolute Gasteiger partial charge is 0.456 e. The van der Waals surface area contributed by atoms with Crippen LogP contribution in [0.3, 0.4) is 0 Å². The van der Waals surface area contributed by atoms with Gasteiger partial charge >= 0.3 is 18.2 Å². The Morgan fingerprint density at radius 2 is 2.06 bits per heavy atom. The number of hydrazine groups is 1. The average Bonchev–Trinajstić information content (AvgIpc) is 2.73. The van der Waals surface area contributed by atoms with E-state index in [2.05, 4.69) is 14.9 Å². The first-order valence-corrected chi connectivity index (χ1v) is 5.36. The molecule has 1 aliphatic rings. The van der Waals surface area contributed by atoms with Gasteiger partial charge in [0.05, 0.1) is 18.9 Å². The second-order valence-corrected chi connectivity index (χ2v) is 3.11. The maximum absolute atomic E-state index is 11.6. The van der Waals surface area contributed by atoms with Crippen molar-refractivity contribution in [3.63, 3.8) is 0 Å². The molecule has 0 spiro atoms. The highest BCUT2D eigenvalue weighted by molar-refractivity contribution is 5.87. The van der Waals surface area contributed by atoms with Crippen LogP contribution in [0.25, 0.3) is 0 Å². The average molecular weight is 258 g/mol. The zero-order valence-corrected chi connectivity index (χ0v) is 10.1. The number of nitrogens with zero attached hydrogens (tertiary/aromatic N) is 1. The first kappa shape index (κ1) is 13.8. The number of ether oxygens (including phenoxy) is 3. The van der Waals surface area contributed by atoms with Crippen LogP contribution in [-0.4, -0.2) is 43.0 Å². The third-order valence-corrected chi connectivity index (χ3v) is 1.86. The van der Waals surface area contributed by atoms with Gasteiger partial charge < -0.3 is 14.2 Å². The van der Waals surface area contributed by atoms with E-state index < -0.39 is 18.2 Å². The van der Waals surface area contributed by atoms with Crippen molar-refractivity contribution in [1.29, 1.82) is 0 Å². The molecule has 0 aromatic heterocycles. The summed E-state index contributed by atoms with van der Waals surface area (Å²) < 4.78 is 14.0. The molecule has 0 unspecified atom stereocenters. The molecule has 0 bridgehead atoms. The summed E-state index contributed by atoms with van der Waals surface area (Å²) in [5.41, 5.74) is 2.33. The van der Waals surface area contributed by atoms with Gasteiger partial charge in [0.1, 0.15) is 6.61 Å². The third kappa shape index (κ3) is 3.65. The van der Waals surface area contributed by atoms with E-state index in [9.17, 15) is 14.4 Å². The molecule has 8 nitrogen and oxygen atoms in total. The summed E-state index contributed by atoms with van der Waals surface area (Å²) in [5, 5.41) is 0.784. The van der Waals surface area contributed by atoms with Gasteiger partial charge in [-0.2, -0.15) is 5.01 Å². The molecule has 0 radical (unpaired) electrons. The Hall–Kier alpha value is -2.25. The fourth-order valence-corrected chi connectivity index (χ4v) is 1.17. The van der Waals surface area contributed by atoms with Crippen molar-refractivity contribution in [3.8, 4) is 0 Å². The summed E-state index contributed by atoms with van der Waals surface area (Å²) in [6, 6.07) is 0. The van der Waals surface area contributed by atoms with E-state index in [-0.39, 0.29) is 25.5 Å². The van der Waals surface area contributed by atoms with Gasteiger partial charge in [0.25, 0.3) is 0 Å². The summed E-state index contributed by atoms with van der Waals surface area (Å²) >= 11 is 0. The zero-order valence-electron chi connectivity index (χ0n) is 10.1. The van der Waals surface area contributed by atoms with Crippen molar-refractivity contribution in [3.05, 3.63) is 11.8 Å². The summed E-state index contributed by atoms with van der Waals surface area (Å²) in [5.74, 6) is -0.593. The summed E-state index contributed by atoms with van der Waals surface area (Å²) in [6.07, 6.45) is -0.565. The molecule has 1 N–H and O–H groups in total. The van der Waals surface area contributed by atoms with Crippen molar-refractivity contribution in [2.45, 2.75) is 13.8 Å². The number of hydrogen-bond acceptors (Lipinski definition) is 6. The van der Waals surface area contributed by atoms with Crippen LogP contribution < -0.4 is 5.43 Å². The number of hydrogen-bond donors (Lipinski definition) is 1. The Bertz CT molecular complexity index is 379. The molecule has 0 atom stereocenters. The van der Waals surface area contributed by atoms with Crippen molar-refractivity contribution in [1.82, 2.24) is 10.4 Å². The molecule has 2 amide bonds. The number of nitrogens with one attached hydrogen (secondary N) is 1. The highest BCUT2D eigenvalue weighted by Gasteiger charge is 2.27. The highest BCUT2D eigenvalue weighted by Crippen LogP contribution is 2.11. The highest BCUT2D eigenvalue weighted by atomic mass is 16.6. The fourth-order valence-electron chi connectivity index (χ4n) is 1.17. The molecule has 0 aliphatic carbocycles.